The highest BCUT2D eigenvalue weighted by Gasteiger charge is 2.12. The molecule has 3 nitrogen and oxygen atoms in total. The first kappa shape index (κ1) is 16.6. The number of anilines is 2. The Balaban J connectivity index is 0.00000128. The van der Waals surface area contributed by atoms with Crippen molar-refractivity contribution in [3.63, 3.8) is 0 Å². The third-order valence-electron chi connectivity index (χ3n) is 2.59. The lowest BCUT2D eigenvalue weighted by atomic mass is 10.2. The minimum Gasteiger partial charge on any atom is -0.495 e. The monoisotopic (exact) mass is 296 g/mol. The molecule has 1 saturated heterocycles. The number of nitrogen functional groups attached to an aromatic ring is 1. The predicted molar refractivity (Wildman–Crippen MR) is 81.4 cm³/mol. The van der Waals surface area contributed by atoms with Gasteiger partial charge >= 0.3 is 0 Å². The molecule has 0 bridgehead atoms. The van der Waals surface area contributed by atoms with Crippen LogP contribution >= 0.6 is 36.6 Å². The lowest BCUT2D eigenvalue weighted by molar-refractivity contribution is 0.417. The number of nitrogens with two attached hydrogens (primary N) is 1. The van der Waals surface area contributed by atoms with Gasteiger partial charge in [0, 0.05) is 36.3 Å². The van der Waals surface area contributed by atoms with Gasteiger partial charge in [0.25, 0.3) is 0 Å². The number of hydrogen-bond donors (Lipinski definition) is 1. The first-order valence-corrected chi connectivity index (χ1v) is 6.23. The zero-order chi connectivity index (χ0) is 10.7. The zero-order valence-corrected chi connectivity index (χ0v) is 12.2. The molecule has 2 rings (SSSR count). The van der Waals surface area contributed by atoms with Crippen LogP contribution < -0.4 is 15.4 Å². The third-order valence-corrected chi connectivity index (χ3v) is 3.54. The maximum Gasteiger partial charge on any atom is 0.143 e. The van der Waals surface area contributed by atoms with Crippen LogP contribution in [0.3, 0.4) is 0 Å². The highest BCUT2D eigenvalue weighted by atomic mass is 35.5. The van der Waals surface area contributed by atoms with E-state index < -0.39 is 0 Å². The van der Waals surface area contributed by atoms with Crippen LogP contribution in [-0.4, -0.2) is 31.7 Å². The van der Waals surface area contributed by atoms with Gasteiger partial charge in [0.15, 0.2) is 0 Å². The van der Waals surface area contributed by atoms with Crippen molar-refractivity contribution < 1.29 is 4.74 Å². The van der Waals surface area contributed by atoms with Crippen LogP contribution in [-0.2, 0) is 0 Å². The molecule has 0 radical (unpaired) electrons. The number of halogens is 2. The topological polar surface area (TPSA) is 38.5 Å². The second kappa shape index (κ2) is 7.80. The van der Waals surface area contributed by atoms with E-state index in [2.05, 4.69) is 11.0 Å². The second-order valence-corrected chi connectivity index (χ2v) is 4.75. The molecule has 1 aliphatic heterocycles. The van der Waals surface area contributed by atoms with Crippen LogP contribution in [0.25, 0.3) is 0 Å². The largest absolute Gasteiger partial charge is 0.495 e. The van der Waals surface area contributed by atoms with E-state index in [1.165, 1.54) is 17.2 Å². The smallest absolute Gasteiger partial charge is 0.143 e. The predicted octanol–water partition coefficient (Wildman–Crippen LogP) is 2.67. The number of ether oxygens (including phenoxy) is 1. The molecule has 0 unspecified atom stereocenters. The number of methoxy groups -OCH3 is 1. The van der Waals surface area contributed by atoms with Crippen LogP contribution in [0.1, 0.15) is 0 Å². The number of thioether (sulfide) groups is 1. The van der Waals surface area contributed by atoms with Gasteiger partial charge in [-0.3, -0.25) is 0 Å². The van der Waals surface area contributed by atoms with E-state index in [1.807, 2.05) is 23.9 Å². The molecule has 17 heavy (non-hydrogen) atoms. The van der Waals surface area contributed by atoms with Gasteiger partial charge in [-0.05, 0) is 12.1 Å². The molecule has 1 fully saturated rings. The highest BCUT2D eigenvalue weighted by molar-refractivity contribution is 7.99. The van der Waals surface area contributed by atoms with E-state index in [0.29, 0.717) is 5.69 Å². The molecule has 1 aliphatic rings. The SMILES string of the molecule is COc1cc(N2CCSCC2)ccc1N.Cl.Cl. The fourth-order valence-electron chi connectivity index (χ4n) is 1.72. The molecular formula is C11H18Cl2N2OS. The Hall–Kier alpha value is -0.450. The van der Waals surface area contributed by atoms with Crippen molar-refractivity contribution in [2.45, 2.75) is 0 Å². The summed E-state index contributed by atoms with van der Waals surface area (Å²) in [4.78, 5) is 2.37. The van der Waals surface area contributed by atoms with E-state index in [4.69, 9.17) is 10.5 Å². The molecule has 1 heterocycles. The number of rotatable bonds is 2. The maximum absolute atomic E-state index is 5.78. The summed E-state index contributed by atoms with van der Waals surface area (Å²) in [7, 11) is 1.65. The summed E-state index contributed by atoms with van der Waals surface area (Å²) in [6.45, 7) is 2.22. The fraction of sp³-hybridized carbons (Fsp3) is 0.455. The molecule has 0 saturated carbocycles. The van der Waals surface area contributed by atoms with Gasteiger partial charge in [-0.1, -0.05) is 0 Å². The Bertz CT molecular complexity index is 346. The van der Waals surface area contributed by atoms with Gasteiger partial charge in [0.2, 0.25) is 0 Å². The van der Waals surface area contributed by atoms with Crippen molar-refractivity contribution in [2.24, 2.45) is 0 Å². The van der Waals surface area contributed by atoms with Gasteiger partial charge in [0.05, 0.1) is 12.8 Å². The molecule has 1 aromatic rings. The molecular weight excluding hydrogens is 279 g/mol. The molecule has 2 N–H and O–H groups in total. The standard InChI is InChI=1S/C11H16N2OS.2ClH/c1-14-11-8-9(2-3-10(11)12)13-4-6-15-7-5-13;;/h2-3,8H,4-7,12H2,1H3;2*1H. The van der Waals surface area contributed by atoms with Crippen LogP contribution in [0.2, 0.25) is 0 Å². The Morgan fingerprint density at radius 1 is 1.24 bits per heavy atom. The summed E-state index contributed by atoms with van der Waals surface area (Å²) >= 11 is 2.01. The van der Waals surface area contributed by atoms with E-state index in [0.717, 1.165) is 18.8 Å². The van der Waals surface area contributed by atoms with Gasteiger partial charge in [-0.25, -0.2) is 0 Å². The van der Waals surface area contributed by atoms with E-state index in [-0.39, 0.29) is 24.8 Å². The van der Waals surface area contributed by atoms with Crippen LogP contribution in [0.5, 0.6) is 5.75 Å². The first-order valence-electron chi connectivity index (χ1n) is 5.07. The van der Waals surface area contributed by atoms with E-state index >= 15 is 0 Å². The summed E-state index contributed by atoms with van der Waals surface area (Å²) < 4.78 is 5.22. The lowest BCUT2D eigenvalue weighted by Gasteiger charge is -2.28. The van der Waals surface area contributed by atoms with Crippen molar-refractivity contribution in [3.05, 3.63) is 18.2 Å². The van der Waals surface area contributed by atoms with Gasteiger partial charge in [0.1, 0.15) is 5.75 Å². The second-order valence-electron chi connectivity index (χ2n) is 3.53. The van der Waals surface area contributed by atoms with Gasteiger partial charge < -0.3 is 15.4 Å². The van der Waals surface area contributed by atoms with Crippen LogP contribution in [0, 0.1) is 0 Å². The van der Waals surface area contributed by atoms with Crippen molar-refractivity contribution in [1.82, 2.24) is 0 Å². The Morgan fingerprint density at radius 3 is 2.47 bits per heavy atom. The average molecular weight is 297 g/mol. The minimum absolute atomic E-state index is 0. The molecule has 0 atom stereocenters. The Labute approximate surface area is 119 Å². The number of benzene rings is 1. The summed E-state index contributed by atoms with van der Waals surface area (Å²) in [6, 6.07) is 6.00. The van der Waals surface area contributed by atoms with Crippen LogP contribution in [0.15, 0.2) is 18.2 Å². The van der Waals surface area contributed by atoms with Crippen molar-refractivity contribution >= 4 is 48.0 Å². The Kier molecular flexibility index (Phi) is 7.59. The normalized spacial score (nSPS) is 14.5. The van der Waals surface area contributed by atoms with Crippen LogP contribution in [0.4, 0.5) is 11.4 Å². The van der Waals surface area contributed by atoms with Crippen molar-refractivity contribution in [1.29, 1.82) is 0 Å². The van der Waals surface area contributed by atoms with Crippen molar-refractivity contribution in [2.75, 3.05) is 42.3 Å². The molecule has 0 spiro atoms. The Morgan fingerprint density at radius 2 is 1.88 bits per heavy atom. The summed E-state index contributed by atoms with van der Waals surface area (Å²) in [5.41, 5.74) is 7.69. The quantitative estimate of drug-likeness (QED) is 0.852. The lowest BCUT2D eigenvalue weighted by Crippen LogP contribution is -2.32. The third kappa shape index (κ3) is 4.05. The molecule has 6 heteroatoms. The maximum atomic E-state index is 5.78. The molecule has 0 aliphatic carbocycles. The molecule has 1 aromatic carbocycles. The summed E-state index contributed by atoms with van der Waals surface area (Å²) in [6.07, 6.45) is 0. The average Bonchev–Trinajstić information content (AvgIpc) is 2.31. The zero-order valence-electron chi connectivity index (χ0n) is 9.72. The fourth-order valence-corrected chi connectivity index (χ4v) is 2.62. The number of nitrogens with zero attached hydrogens (tertiary/aromatic N) is 1. The van der Waals surface area contributed by atoms with Crippen molar-refractivity contribution in [3.8, 4) is 5.75 Å². The minimum atomic E-state index is 0. The molecule has 0 aromatic heterocycles. The van der Waals surface area contributed by atoms with E-state index in [1.54, 1.807) is 7.11 Å². The van der Waals surface area contributed by atoms with Gasteiger partial charge in [-0.15, -0.1) is 24.8 Å². The van der Waals surface area contributed by atoms with Gasteiger partial charge in [-0.2, -0.15) is 11.8 Å². The summed E-state index contributed by atoms with van der Waals surface area (Å²) in [5.74, 6) is 3.17. The first-order chi connectivity index (χ1) is 7.31. The molecule has 98 valence electrons. The summed E-state index contributed by atoms with van der Waals surface area (Å²) in [5, 5.41) is 0. The highest BCUT2D eigenvalue weighted by Crippen LogP contribution is 2.28. The molecule has 0 amide bonds. The van der Waals surface area contributed by atoms with E-state index in [9.17, 15) is 0 Å². The number of hydrogen-bond acceptors (Lipinski definition) is 4.